The molecule has 0 aliphatic heterocycles. The molecule has 4 rings (SSSR count). The molecule has 0 fully saturated rings. The third-order valence-corrected chi connectivity index (χ3v) is 3.88. The predicted molar refractivity (Wildman–Crippen MR) is 95.1 cm³/mol. The van der Waals surface area contributed by atoms with Gasteiger partial charge in [0.15, 0.2) is 5.82 Å². The molecule has 0 amide bonds. The number of H-pyrrole nitrogens is 1. The third-order valence-electron chi connectivity index (χ3n) is 3.88. The summed E-state index contributed by atoms with van der Waals surface area (Å²) in [6.45, 7) is 0. The highest BCUT2D eigenvalue weighted by Gasteiger charge is 2.09. The summed E-state index contributed by atoms with van der Waals surface area (Å²) in [6, 6.07) is 27.5. The molecule has 0 atom stereocenters. The van der Waals surface area contributed by atoms with Crippen molar-refractivity contribution in [2.24, 2.45) is 0 Å². The van der Waals surface area contributed by atoms with Gasteiger partial charge in [0, 0.05) is 5.56 Å². The molecule has 0 radical (unpaired) electrons. The van der Waals surface area contributed by atoms with E-state index in [1.54, 1.807) is 0 Å². The number of hydrogen-bond donors (Lipinski definition) is 1. The number of nitrogens with zero attached hydrogens (tertiary/aromatic N) is 2. The van der Waals surface area contributed by atoms with Crippen LogP contribution in [0.2, 0.25) is 0 Å². The highest BCUT2D eigenvalue weighted by atomic mass is 16.1. The van der Waals surface area contributed by atoms with Gasteiger partial charge in [-0.15, -0.1) is 5.10 Å². The Morgan fingerprint density at radius 1 is 0.667 bits per heavy atom. The van der Waals surface area contributed by atoms with E-state index in [1.807, 2.05) is 72.8 Å². The second-order valence-corrected chi connectivity index (χ2v) is 5.47. The van der Waals surface area contributed by atoms with Gasteiger partial charge in [-0.3, -0.25) is 4.98 Å². The Bertz CT molecular complexity index is 1000. The highest BCUT2D eigenvalue weighted by molar-refractivity contribution is 5.64. The van der Waals surface area contributed by atoms with Crippen molar-refractivity contribution in [3.63, 3.8) is 0 Å². The Hall–Kier alpha value is -3.40. The number of benzene rings is 3. The van der Waals surface area contributed by atoms with Crippen molar-refractivity contribution in [3.05, 3.63) is 95.4 Å². The van der Waals surface area contributed by atoms with Gasteiger partial charge in [0.2, 0.25) is 0 Å². The molecular weight excluding hydrogens is 298 g/mol. The van der Waals surface area contributed by atoms with Crippen LogP contribution in [-0.2, 0) is 0 Å². The third kappa shape index (κ3) is 2.65. The summed E-state index contributed by atoms with van der Waals surface area (Å²) in [4.78, 5) is 15.0. The molecule has 4 nitrogen and oxygen atoms in total. The van der Waals surface area contributed by atoms with Crippen molar-refractivity contribution in [2.45, 2.75) is 0 Å². The van der Waals surface area contributed by atoms with E-state index in [0.29, 0.717) is 5.82 Å². The molecular formula is C20H15N3O. The van der Waals surface area contributed by atoms with Crippen molar-refractivity contribution in [3.8, 4) is 28.2 Å². The zero-order chi connectivity index (χ0) is 16.4. The molecule has 0 saturated carbocycles. The molecule has 0 saturated heterocycles. The fourth-order valence-corrected chi connectivity index (χ4v) is 2.65. The van der Waals surface area contributed by atoms with Gasteiger partial charge in [0.1, 0.15) is 0 Å². The van der Waals surface area contributed by atoms with Crippen molar-refractivity contribution >= 4 is 0 Å². The zero-order valence-electron chi connectivity index (χ0n) is 12.9. The normalized spacial score (nSPS) is 10.7. The monoisotopic (exact) mass is 313 g/mol. The Morgan fingerprint density at radius 2 is 1.21 bits per heavy atom. The summed E-state index contributed by atoms with van der Waals surface area (Å²) in [7, 11) is 0. The molecule has 0 aliphatic rings. The molecule has 3 aromatic carbocycles. The van der Waals surface area contributed by atoms with Crippen LogP contribution in [0.1, 0.15) is 0 Å². The first kappa shape index (κ1) is 14.2. The maximum absolute atomic E-state index is 12.2. The van der Waals surface area contributed by atoms with Crippen molar-refractivity contribution in [1.82, 2.24) is 14.8 Å². The van der Waals surface area contributed by atoms with Gasteiger partial charge in [-0.05, 0) is 23.3 Å². The molecule has 0 bridgehead atoms. The van der Waals surface area contributed by atoms with E-state index in [1.165, 1.54) is 4.68 Å². The highest BCUT2D eigenvalue weighted by Crippen LogP contribution is 2.20. The molecule has 1 heterocycles. The average Bonchev–Trinajstić information content (AvgIpc) is 3.05. The fourth-order valence-electron chi connectivity index (χ4n) is 2.65. The first-order chi connectivity index (χ1) is 11.8. The average molecular weight is 313 g/mol. The van der Waals surface area contributed by atoms with Gasteiger partial charge in [0.05, 0.1) is 5.69 Å². The number of nitrogens with one attached hydrogen (secondary N) is 1. The quantitative estimate of drug-likeness (QED) is 0.624. The van der Waals surface area contributed by atoms with Gasteiger partial charge in [-0.25, -0.2) is 4.79 Å². The van der Waals surface area contributed by atoms with Crippen LogP contribution >= 0.6 is 0 Å². The lowest BCUT2D eigenvalue weighted by Crippen LogP contribution is -2.15. The smallest absolute Gasteiger partial charge is 0.288 e. The Labute approximate surface area is 139 Å². The molecule has 1 N–H and O–H groups in total. The summed E-state index contributed by atoms with van der Waals surface area (Å²) < 4.78 is 1.39. The molecule has 4 aromatic rings. The minimum absolute atomic E-state index is 0.249. The standard InChI is InChI=1S/C20H15N3O/c24-20-21-19(17-9-5-2-6-10-17)22-23(20)18-13-11-16(12-14-18)15-7-3-1-4-8-15/h1-14H,(H,21,22,24). The number of hydrogen-bond acceptors (Lipinski definition) is 2. The first-order valence-corrected chi connectivity index (χ1v) is 7.72. The van der Waals surface area contributed by atoms with E-state index in [2.05, 4.69) is 22.2 Å². The predicted octanol–water partition coefficient (Wildman–Crippen LogP) is 3.89. The van der Waals surface area contributed by atoms with Gasteiger partial charge in [-0.2, -0.15) is 4.68 Å². The van der Waals surface area contributed by atoms with Gasteiger partial charge >= 0.3 is 5.69 Å². The largest absolute Gasteiger partial charge is 0.348 e. The van der Waals surface area contributed by atoms with E-state index in [-0.39, 0.29) is 5.69 Å². The second-order valence-electron chi connectivity index (χ2n) is 5.47. The van der Waals surface area contributed by atoms with Crippen LogP contribution in [0, 0.1) is 0 Å². The lowest BCUT2D eigenvalue weighted by Gasteiger charge is -2.03. The van der Waals surface area contributed by atoms with E-state index in [9.17, 15) is 4.79 Å². The van der Waals surface area contributed by atoms with Gasteiger partial charge in [0.25, 0.3) is 0 Å². The Morgan fingerprint density at radius 3 is 1.83 bits per heavy atom. The van der Waals surface area contributed by atoms with E-state index in [4.69, 9.17) is 0 Å². The molecule has 0 aliphatic carbocycles. The van der Waals surface area contributed by atoms with Crippen LogP contribution in [-0.4, -0.2) is 14.8 Å². The minimum Gasteiger partial charge on any atom is -0.288 e. The minimum atomic E-state index is -0.249. The second kappa shape index (κ2) is 6.01. The lowest BCUT2D eigenvalue weighted by atomic mass is 10.1. The fraction of sp³-hybridized carbons (Fsp3) is 0. The number of aromatic nitrogens is 3. The van der Waals surface area contributed by atoms with Crippen molar-refractivity contribution < 1.29 is 0 Å². The molecule has 0 unspecified atom stereocenters. The lowest BCUT2D eigenvalue weighted by molar-refractivity contribution is 0.845. The summed E-state index contributed by atoms with van der Waals surface area (Å²) in [6.07, 6.45) is 0. The van der Waals surface area contributed by atoms with Crippen LogP contribution in [0.25, 0.3) is 28.2 Å². The summed E-state index contributed by atoms with van der Waals surface area (Å²) >= 11 is 0. The molecule has 116 valence electrons. The van der Waals surface area contributed by atoms with Crippen LogP contribution in [0.5, 0.6) is 0 Å². The maximum Gasteiger partial charge on any atom is 0.348 e. The van der Waals surface area contributed by atoms with E-state index >= 15 is 0 Å². The summed E-state index contributed by atoms with van der Waals surface area (Å²) in [5, 5.41) is 4.40. The maximum atomic E-state index is 12.2. The topological polar surface area (TPSA) is 50.7 Å². The van der Waals surface area contributed by atoms with Gasteiger partial charge < -0.3 is 0 Å². The van der Waals surface area contributed by atoms with Crippen molar-refractivity contribution in [2.75, 3.05) is 0 Å². The molecule has 1 aromatic heterocycles. The Kier molecular flexibility index (Phi) is 3.56. The molecule has 24 heavy (non-hydrogen) atoms. The van der Waals surface area contributed by atoms with Crippen molar-refractivity contribution in [1.29, 1.82) is 0 Å². The summed E-state index contributed by atoms with van der Waals surface area (Å²) in [5.74, 6) is 0.563. The Balaban J connectivity index is 1.70. The number of rotatable bonds is 3. The van der Waals surface area contributed by atoms with E-state index in [0.717, 1.165) is 22.4 Å². The first-order valence-electron chi connectivity index (χ1n) is 7.72. The van der Waals surface area contributed by atoms with Crippen LogP contribution < -0.4 is 5.69 Å². The molecule has 0 spiro atoms. The van der Waals surface area contributed by atoms with Gasteiger partial charge in [-0.1, -0.05) is 72.8 Å². The number of aromatic amines is 1. The molecule has 4 heteroatoms. The van der Waals surface area contributed by atoms with Crippen LogP contribution in [0.15, 0.2) is 89.7 Å². The summed E-state index contributed by atoms with van der Waals surface area (Å²) in [5.41, 5.74) is 3.61. The zero-order valence-corrected chi connectivity index (χ0v) is 12.9. The van der Waals surface area contributed by atoms with Crippen LogP contribution in [0.4, 0.5) is 0 Å². The SMILES string of the molecule is O=c1[nH]c(-c2ccccc2)nn1-c1ccc(-c2ccccc2)cc1. The van der Waals surface area contributed by atoms with Crippen LogP contribution in [0.3, 0.4) is 0 Å². The van der Waals surface area contributed by atoms with E-state index < -0.39 is 0 Å².